The zero-order valence-corrected chi connectivity index (χ0v) is 28.5. The molecule has 0 fully saturated rings. The molecule has 0 unspecified atom stereocenters. The van der Waals surface area contributed by atoms with Crippen LogP contribution in [0.4, 0.5) is 0 Å². The van der Waals surface area contributed by atoms with Crippen LogP contribution in [-0.2, 0) is 0 Å². The standard InChI is InChI=1S/C52H32/c1-3-12-36-27-41(20-17-33(36)9-1)48-32-52-50-30-39(38-23-25-44-40(29-38)22-19-35-11-5-6-14-43(35)44)24-26-47(50)49(31-51(52)46-16-8-7-15-45(46)48)42-21-18-34-10-2-4-13-37(34)28-42/h1-32H. The van der Waals surface area contributed by atoms with Gasteiger partial charge in [0.05, 0.1) is 0 Å². The monoisotopic (exact) mass is 656 g/mol. The van der Waals surface area contributed by atoms with Crippen LogP contribution >= 0.6 is 0 Å². The third-order valence-corrected chi connectivity index (χ3v) is 11.2. The summed E-state index contributed by atoms with van der Waals surface area (Å²) >= 11 is 0. The molecule has 0 nitrogen and oxygen atoms in total. The molecule has 0 saturated heterocycles. The first kappa shape index (κ1) is 29.0. The molecule has 0 aromatic heterocycles. The number of benzene rings is 11. The normalized spacial score (nSPS) is 11.8. The lowest BCUT2D eigenvalue weighted by Gasteiger charge is -2.17. The quantitative estimate of drug-likeness (QED) is 0.166. The van der Waals surface area contributed by atoms with Gasteiger partial charge < -0.3 is 0 Å². The highest BCUT2D eigenvalue weighted by atomic mass is 14.2. The molecular weight excluding hydrogens is 625 g/mol. The second-order valence-corrected chi connectivity index (χ2v) is 14.1. The summed E-state index contributed by atoms with van der Waals surface area (Å²) in [6.07, 6.45) is 0. The minimum atomic E-state index is 1.22. The van der Waals surface area contributed by atoms with Gasteiger partial charge in [0.2, 0.25) is 0 Å². The van der Waals surface area contributed by atoms with Crippen molar-refractivity contribution in [2.45, 2.75) is 0 Å². The van der Waals surface area contributed by atoms with Crippen molar-refractivity contribution in [2.24, 2.45) is 0 Å². The molecule has 0 N–H and O–H groups in total. The van der Waals surface area contributed by atoms with Crippen LogP contribution in [0.5, 0.6) is 0 Å². The molecule has 0 aliphatic carbocycles. The van der Waals surface area contributed by atoms with Gasteiger partial charge >= 0.3 is 0 Å². The zero-order valence-electron chi connectivity index (χ0n) is 28.5. The molecule has 240 valence electrons. The fourth-order valence-electron chi connectivity index (χ4n) is 8.56. The Balaban J connectivity index is 1.21. The summed E-state index contributed by atoms with van der Waals surface area (Å²) in [4.78, 5) is 0. The summed E-state index contributed by atoms with van der Waals surface area (Å²) in [6, 6.07) is 72.1. The van der Waals surface area contributed by atoms with Gasteiger partial charge in [-0.1, -0.05) is 158 Å². The molecule has 0 spiro atoms. The van der Waals surface area contributed by atoms with Crippen LogP contribution < -0.4 is 0 Å². The number of hydrogen-bond acceptors (Lipinski definition) is 0. The predicted octanol–water partition coefficient (Wildman–Crippen LogP) is 14.8. The maximum atomic E-state index is 2.45. The summed E-state index contributed by atoms with van der Waals surface area (Å²) in [5.41, 5.74) is 7.44. The Morgan fingerprint density at radius 3 is 1.23 bits per heavy atom. The molecule has 11 aromatic rings. The maximum absolute atomic E-state index is 2.45. The van der Waals surface area contributed by atoms with Crippen LogP contribution in [0.1, 0.15) is 0 Å². The number of hydrogen-bond donors (Lipinski definition) is 0. The lowest BCUT2D eigenvalue weighted by atomic mass is 9.86. The Bertz CT molecular complexity index is 3240. The Hall–Kier alpha value is -6.76. The molecule has 52 heavy (non-hydrogen) atoms. The first-order valence-electron chi connectivity index (χ1n) is 18.1. The molecule has 0 atom stereocenters. The van der Waals surface area contributed by atoms with E-state index < -0.39 is 0 Å². The van der Waals surface area contributed by atoms with Crippen LogP contribution in [0.15, 0.2) is 194 Å². The molecular formula is C52H32. The molecule has 0 aliphatic heterocycles. The molecule has 0 radical (unpaired) electrons. The zero-order chi connectivity index (χ0) is 34.2. The van der Waals surface area contributed by atoms with Crippen molar-refractivity contribution >= 4 is 75.4 Å². The fraction of sp³-hybridized carbons (Fsp3) is 0. The average Bonchev–Trinajstić information content (AvgIpc) is 3.22. The predicted molar refractivity (Wildman–Crippen MR) is 225 cm³/mol. The highest BCUT2D eigenvalue weighted by Crippen LogP contribution is 2.44. The minimum Gasteiger partial charge on any atom is -0.0616 e. The highest BCUT2D eigenvalue weighted by Gasteiger charge is 2.16. The summed E-state index contributed by atoms with van der Waals surface area (Å²) < 4.78 is 0. The topological polar surface area (TPSA) is 0 Å². The second-order valence-electron chi connectivity index (χ2n) is 14.1. The van der Waals surface area contributed by atoms with Gasteiger partial charge in [-0.25, -0.2) is 0 Å². The molecule has 0 saturated carbocycles. The van der Waals surface area contributed by atoms with Crippen molar-refractivity contribution in [3.05, 3.63) is 194 Å². The summed E-state index contributed by atoms with van der Waals surface area (Å²) in [5.74, 6) is 0. The Labute approximate surface area is 301 Å². The highest BCUT2D eigenvalue weighted by molar-refractivity contribution is 6.24. The first-order valence-corrected chi connectivity index (χ1v) is 18.1. The van der Waals surface area contributed by atoms with E-state index in [0.717, 1.165) is 0 Å². The maximum Gasteiger partial charge on any atom is -0.00921 e. The van der Waals surface area contributed by atoms with Gasteiger partial charge in [0, 0.05) is 0 Å². The van der Waals surface area contributed by atoms with E-state index in [0.29, 0.717) is 0 Å². The Morgan fingerprint density at radius 2 is 0.558 bits per heavy atom. The van der Waals surface area contributed by atoms with E-state index in [9.17, 15) is 0 Å². The fourth-order valence-corrected chi connectivity index (χ4v) is 8.56. The lowest BCUT2D eigenvalue weighted by Crippen LogP contribution is -1.90. The van der Waals surface area contributed by atoms with Crippen molar-refractivity contribution in [3.63, 3.8) is 0 Å². The van der Waals surface area contributed by atoms with Crippen LogP contribution in [0.3, 0.4) is 0 Å². The van der Waals surface area contributed by atoms with E-state index in [1.54, 1.807) is 0 Å². The van der Waals surface area contributed by atoms with Gasteiger partial charge in [-0.2, -0.15) is 0 Å². The third-order valence-electron chi connectivity index (χ3n) is 11.2. The van der Waals surface area contributed by atoms with Crippen molar-refractivity contribution in [3.8, 4) is 33.4 Å². The lowest BCUT2D eigenvalue weighted by molar-refractivity contribution is 1.67. The molecule has 11 aromatic carbocycles. The third kappa shape index (κ3) is 4.55. The van der Waals surface area contributed by atoms with Crippen LogP contribution in [-0.4, -0.2) is 0 Å². The van der Waals surface area contributed by atoms with E-state index in [1.807, 2.05) is 0 Å². The average molecular weight is 657 g/mol. The molecule has 0 aliphatic rings. The van der Waals surface area contributed by atoms with Crippen molar-refractivity contribution in [1.82, 2.24) is 0 Å². The van der Waals surface area contributed by atoms with Crippen molar-refractivity contribution in [2.75, 3.05) is 0 Å². The van der Waals surface area contributed by atoms with E-state index in [1.165, 1.54) is 109 Å². The largest absolute Gasteiger partial charge is 0.0616 e. The first-order chi connectivity index (χ1) is 25.7. The van der Waals surface area contributed by atoms with Crippen LogP contribution in [0, 0.1) is 0 Å². The molecule has 0 heteroatoms. The smallest absolute Gasteiger partial charge is 0.00921 e. The summed E-state index contributed by atoms with van der Waals surface area (Å²) in [6.45, 7) is 0. The van der Waals surface area contributed by atoms with E-state index in [-0.39, 0.29) is 0 Å². The summed E-state index contributed by atoms with van der Waals surface area (Å²) in [5, 5.41) is 17.8. The summed E-state index contributed by atoms with van der Waals surface area (Å²) in [7, 11) is 0. The molecule has 0 amide bonds. The number of fused-ring (bicyclic) bond motifs is 10. The van der Waals surface area contributed by atoms with Gasteiger partial charge in [-0.15, -0.1) is 0 Å². The van der Waals surface area contributed by atoms with Crippen molar-refractivity contribution < 1.29 is 0 Å². The second kappa shape index (κ2) is 11.4. The Kier molecular flexibility index (Phi) is 6.35. The van der Waals surface area contributed by atoms with Gasteiger partial charge in [-0.05, 0) is 145 Å². The van der Waals surface area contributed by atoms with E-state index in [4.69, 9.17) is 0 Å². The molecule has 0 bridgehead atoms. The van der Waals surface area contributed by atoms with E-state index >= 15 is 0 Å². The molecule has 0 heterocycles. The van der Waals surface area contributed by atoms with Gasteiger partial charge in [0.1, 0.15) is 0 Å². The van der Waals surface area contributed by atoms with Gasteiger partial charge in [0.25, 0.3) is 0 Å². The van der Waals surface area contributed by atoms with Gasteiger partial charge in [0.15, 0.2) is 0 Å². The van der Waals surface area contributed by atoms with E-state index in [2.05, 4.69) is 194 Å². The SMILES string of the molecule is c1ccc2cc(-c3cc4c5cc(-c6ccc7c(ccc8ccccc87)c6)ccc5c(-c5ccc6ccccc6c5)cc4c4ccccc34)ccc2c1. The minimum absolute atomic E-state index is 1.22. The van der Waals surface area contributed by atoms with Crippen molar-refractivity contribution in [1.29, 1.82) is 0 Å². The Morgan fingerprint density at radius 1 is 0.173 bits per heavy atom. The van der Waals surface area contributed by atoms with Crippen LogP contribution in [0.2, 0.25) is 0 Å². The number of rotatable bonds is 3. The molecule has 11 rings (SSSR count). The van der Waals surface area contributed by atoms with Gasteiger partial charge in [-0.3, -0.25) is 0 Å². The van der Waals surface area contributed by atoms with Crippen LogP contribution in [0.25, 0.3) is 109 Å².